The Kier molecular flexibility index (Phi) is 4.48. The molecule has 0 spiro atoms. The molecule has 0 bridgehead atoms. The van der Waals surface area contributed by atoms with Gasteiger partial charge >= 0.3 is 0 Å². The molecule has 2 rings (SSSR count). The second-order valence-electron chi connectivity index (χ2n) is 4.59. The molecule has 0 aliphatic carbocycles. The van der Waals surface area contributed by atoms with E-state index in [1.807, 2.05) is 36.4 Å². The van der Waals surface area contributed by atoms with Gasteiger partial charge in [0.15, 0.2) is 0 Å². The molecule has 4 nitrogen and oxygen atoms in total. The van der Waals surface area contributed by atoms with Crippen LogP contribution in [-0.4, -0.2) is 20.8 Å². The van der Waals surface area contributed by atoms with E-state index < -0.39 is 0 Å². The van der Waals surface area contributed by atoms with Crippen LogP contribution in [0.3, 0.4) is 0 Å². The summed E-state index contributed by atoms with van der Waals surface area (Å²) in [5.74, 6) is 0.780. The van der Waals surface area contributed by atoms with Crippen LogP contribution in [0.4, 0.5) is 11.4 Å². The summed E-state index contributed by atoms with van der Waals surface area (Å²) in [7, 11) is 3.33. The third kappa shape index (κ3) is 2.86. The maximum atomic E-state index is 6.12. The van der Waals surface area contributed by atoms with Crippen LogP contribution in [0.5, 0.6) is 5.75 Å². The van der Waals surface area contributed by atoms with E-state index in [9.17, 15) is 0 Å². The molecule has 0 aliphatic heterocycles. The second kappa shape index (κ2) is 6.30. The lowest BCUT2D eigenvalue weighted by atomic mass is 9.98. The van der Waals surface area contributed by atoms with E-state index in [-0.39, 0.29) is 0 Å². The van der Waals surface area contributed by atoms with Crippen molar-refractivity contribution in [2.24, 2.45) is 0 Å². The smallest absolute Gasteiger partial charge is 0.126 e. The maximum absolute atomic E-state index is 6.12. The first-order valence-corrected chi connectivity index (χ1v) is 6.47. The number of benzene rings is 2. The monoisotopic (exact) mass is 272 g/mol. The van der Waals surface area contributed by atoms with Gasteiger partial charge in [0.2, 0.25) is 0 Å². The molecule has 0 radical (unpaired) electrons. The summed E-state index contributed by atoms with van der Waals surface area (Å²) in [6.07, 6.45) is 0.795. The van der Waals surface area contributed by atoms with Crippen molar-refractivity contribution in [3.8, 4) is 16.9 Å². The van der Waals surface area contributed by atoms with Crippen molar-refractivity contribution in [1.29, 1.82) is 0 Å². The standard InChI is InChI=1S/C16H20N2O2/c1-19-8-7-11-9-13(16(18)14(17)10-11)12-5-3-4-6-15(12)20-2/h3-6,9-10H,7-8,17-18H2,1-2H3. The number of nitrogens with two attached hydrogens (primary N) is 2. The van der Waals surface area contributed by atoms with Crippen molar-refractivity contribution in [3.05, 3.63) is 42.0 Å². The zero-order valence-corrected chi connectivity index (χ0v) is 11.8. The Morgan fingerprint density at radius 2 is 1.75 bits per heavy atom. The minimum atomic E-state index is 0.579. The van der Waals surface area contributed by atoms with E-state index >= 15 is 0 Å². The van der Waals surface area contributed by atoms with Gasteiger partial charge < -0.3 is 20.9 Å². The van der Waals surface area contributed by atoms with Gasteiger partial charge in [0.25, 0.3) is 0 Å². The number of hydrogen-bond donors (Lipinski definition) is 2. The predicted molar refractivity (Wildman–Crippen MR) is 82.8 cm³/mol. The summed E-state index contributed by atoms with van der Waals surface area (Å²) >= 11 is 0. The van der Waals surface area contributed by atoms with Gasteiger partial charge in [-0.2, -0.15) is 0 Å². The second-order valence-corrected chi connectivity index (χ2v) is 4.59. The summed E-state index contributed by atoms with van der Waals surface area (Å²) in [5.41, 5.74) is 16.2. The van der Waals surface area contributed by atoms with E-state index in [0.717, 1.165) is 28.9 Å². The molecule has 2 aromatic rings. The Bertz CT molecular complexity index is 597. The Labute approximate surface area is 119 Å². The van der Waals surface area contributed by atoms with E-state index in [4.69, 9.17) is 20.9 Å². The Morgan fingerprint density at radius 3 is 2.45 bits per heavy atom. The highest BCUT2D eigenvalue weighted by Crippen LogP contribution is 2.37. The predicted octanol–water partition coefficient (Wildman–Crippen LogP) is 2.72. The summed E-state index contributed by atoms with van der Waals surface area (Å²) in [6.45, 7) is 0.648. The third-order valence-corrected chi connectivity index (χ3v) is 3.26. The first-order valence-electron chi connectivity index (χ1n) is 6.47. The fraction of sp³-hybridized carbons (Fsp3) is 0.250. The highest BCUT2D eigenvalue weighted by atomic mass is 16.5. The SMILES string of the molecule is COCCc1cc(N)c(N)c(-c2ccccc2OC)c1. The van der Waals surface area contributed by atoms with E-state index in [1.165, 1.54) is 0 Å². The first-order chi connectivity index (χ1) is 9.67. The van der Waals surface area contributed by atoms with Crippen LogP contribution >= 0.6 is 0 Å². The fourth-order valence-electron chi connectivity index (χ4n) is 2.19. The lowest BCUT2D eigenvalue weighted by molar-refractivity contribution is 0.202. The molecule has 0 unspecified atom stereocenters. The molecule has 0 saturated heterocycles. The lowest BCUT2D eigenvalue weighted by Gasteiger charge is -2.14. The van der Waals surface area contributed by atoms with E-state index in [1.54, 1.807) is 14.2 Å². The third-order valence-electron chi connectivity index (χ3n) is 3.26. The molecule has 4 N–H and O–H groups in total. The number of nitrogen functional groups attached to an aromatic ring is 2. The van der Waals surface area contributed by atoms with Gasteiger partial charge in [-0.15, -0.1) is 0 Å². The van der Waals surface area contributed by atoms with Gasteiger partial charge in [0, 0.05) is 18.2 Å². The summed E-state index contributed by atoms with van der Waals surface area (Å²) in [4.78, 5) is 0. The molecular weight excluding hydrogens is 252 g/mol. The van der Waals surface area contributed by atoms with Crippen molar-refractivity contribution in [2.45, 2.75) is 6.42 Å². The van der Waals surface area contributed by atoms with Crippen LogP contribution in [0, 0.1) is 0 Å². The molecule has 0 amide bonds. The van der Waals surface area contributed by atoms with Crippen molar-refractivity contribution in [1.82, 2.24) is 0 Å². The number of anilines is 2. The van der Waals surface area contributed by atoms with Crippen LogP contribution in [0.15, 0.2) is 36.4 Å². The van der Waals surface area contributed by atoms with Gasteiger partial charge in [-0.3, -0.25) is 0 Å². The van der Waals surface area contributed by atoms with Crippen LogP contribution < -0.4 is 16.2 Å². The molecule has 2 aromatic carbocycles. The number of para-hydroxylation sites is 1. The first kappa shape index (κ1) is 14.2. The molecule has 4 heteroatoms. The van der Waals surface area contributed by atoms with Gasteiger partial charge in [0.05, 0.1) is 25.1 Å². The highest BCUT2D eigenvalue weighted by Gasteiger charge is 2.12. The zero-order valence-electron chi connectivity index (χ0n) is 11.8. The van der Waals surface area contributed by atoms with Crippen molar-refractivity contribution in [2.75, 3.05) is 32.3 Å². The van der Waals surface area contributed by atoms with Crippen molar-refractivity contribution in [3.63, 3.8) is 0 Å². The lowest BCUT2D eigenvalue weighted by Crippen LogP contribution is -2.02. The van der Waals surface area contributed by atoms with Gasteiger partial charge in [-0.05, 0) is 30.2 Å². The summed E-state index contributed by atoms with van der Waals surface area (Å²) in [6, 6.07) is 11.7. The fourth-order valence-corrected chi connectivity index (χ4v) is 2.19. The van der Waals surface area contributed by atoms with Crippen LogP contribution in [0.1, 0.15) is 5.56 Å². The van der Waals surface area contributed by atoms with Crippen LogP contribution in [0.25, 0.3) is 11.1 Å². The van der Waals surface area contributed by atoms with E-state index in [2.05, 4.69) is 0 Å². The minimum Gasteiger partial charge on any atom is -0.496 e. The Hall–Kier alpha value is -2.20. The normalized spacial score (nSPS) is 10.5. The average molecular weight is 272 g/mol. The highest BCUT2D eigenvalue weighted by molar-refractivity contribution is 5.87. The minimum absolute atomic E-state index is 0.579. The van der Waals surface area contributed by atoms with E-state index in [0.29, 0.717) is 18.0 Å². The zero-order chi connectivity index (χ0) is 14.5. The van der Waals surface area contributed by atoms with Crippen LogP contribution in [-0.2, 0) is 11.2 Å². The van der Waals surface area contributed by atoms with Crippen molar-refractivity contribution >= 4 is 11.4 Å². The summed E-state index contributed by atoms with van der Waals surface area (Å²) < 4.78 is 10.5. The molecule has 20 heavy (non-hydrogen) atoms. The molecule has 0 atom stereocenters. The molecule has 0 saturated carbocycles. The topological polar surface area (TPSA) is 70.5 Å². The van der Waals surface area contributed by atoms with Crippen molar-refractivity contribution < 1.29 is 9.47 Å². The quantitative estimate of drug-likeness (QED) is 0.821. The van der Waals surface area contributed by atoms with Crippen LogP contribution in [0.2, 0.25) is 0 Å². The average Bonchev–Trinajstić information content (AvgIpc) is 2.48. The number of ether oxygens (including phenoxy) is 2. The summed E-state index contributed by atoms with van der Waals surface area (Å²) in [5, 5.41) is 0. The Morgan fingerprint density at radius 1 is 1.00 bits per heavy atom. The van der Waals surface area contributed by atoms with Gasteiger partial charge in [0.1, 0.15) is 5.75 Å². The molecule has 106 valence electrons. The molecule has 0 fully saturated rings. The van der Waals surface area contributed by atoms with Gasteiger partial charge in [-0.1, -0.05) is 18.2 Å². The number of hydrogen-bond acceptors (Lipinski definition) is 4. The molecule has 0 heterocycles. The number of rotatable bonds is 5. The molecule has 0 aromatic heterocycles. The number of methoxy groups -OCH3 is 2. The Balaban J connectivity index is 2.52. The molecule has 0 aliphatic rings. The molecular formula is C16H20N2O2. The van der Waals surface area contributed by atoms with Gasteiger partial charge in [-0.25, -0.2) is 0 Å². The maximum Gasteiger partial charge on any atom is 0.126 e. The largest absolute Gasteiger partial charge is 0.496 e.